The Labute approximate surface area is 135 Å². The number of benzene rings is 2. The van der Waals surface area contributed by atoms with E-state index in [1.54, 1.807) is 24.3 Å². The second kappa shape index (κ2) is 6.96. The minimum absolute atomic E-state index is 0.253. The Balaban J connectivity index is 1.99. The van der Waals surface area contributed by atoms with Crippen LogP contribution in [-0.2, 0) is 9.53 Å². The Morgan fingerprint density at radius 3 is 2.30 bits per heavy atom. The van der Waals surface area contributed by atoms with Gasteiger partial charge >= 0.3 is 5.97 Å². The molecule has 0 aliphatic carbocycles. The van der Waals surface area contributed by atoms with Crippen LogP contribution >= 0.6 is 0 Å². The molecule has 23 heavy (non-hydrogen) atoms. The number of anilines is 2. The van der Waals surface area contributed by atoms with E-state index in [-0.39, 0.29) is 18.1 Å². The maximum absolute atomic E-state index is 12.0. The van der Waals surface area contributed by atoms with Gasteiger partial charge in [-0.2, -0.15) is 0 Å². The lowest BCUT2D eigenvalue weighted by Gasteiger charge is -2.13. The number of hydrogen-bond donors (Lipinski definition) is 2. The zero-order valence-electron chi connectivity index (χ0n) is 13.5. The molecule has 0 fully saturated rings. The fourth-order valence-electron chi connectivity index (χ4n) is 2.44. The molecule has 0 saturated heterocycles. The second-order valence-electron chi connectivity index (χ2n) is 5.49. The third kappa shape index (κ3) is 4.10. The van der Waals surface area contributed by atoms with E-state index in [9.17, 15) is 9.59 Å². The Bertz CT molecular complexity index is 731. The maximum atomic E-state index is 12.0. The van der Waals surface area contributed by atoms with Crippen molar-refractivity contribution in [1.29, 1.82) is 0 Å². The molecule has 0 saturated carbocycles. The van der Waals surface area contributed by atoms with Crippen molar-refractivity contribution in [3.63, 3.8) is 0 Å². The number of carbonyl (C=O) groups excluding carboxylic acids is 2. The van der Waals surface area contributed by atoms with E-state index in [0.29, 0.717) is 5.69 Å². The van der Waals surface area contributed by atoms with Crippen molar-refractivity contribution in [3.8, 4) is 0 Å². The van der Waals surface area contributed by atoms with Gasteiger partial charge in [0.1, 0.15) is 0 Å². The highest BCUT2D eigenvalue weighted by molar-refractivity contribution is 5.98. The maximum Gasteiger partial charge on any atom is 0.340 e. The predicted molar refractivity (Wildman–Crippen MR) is 90.4 cm³/mol. The highest BCUT2D eigenvalue weighted by atomic mass is 16.5. The van der Waals surface area contributed by atoms with Crippen LogP contribution in [0.1, 0.15) is 27.0 Å². The number of amides is 1. The first kappa shape index (κ1) is 16.5. The first-order chi connectivity index (χ1) is 10.9. The largest absolute Gasteiger partial charge is 0.452 e. The van der Waals surface area contributed by atoms with Crippen molar-refractivity contribution in [2.75, 3.05) is 17.7 Å². The summed E-state index contributed by atoms with van der Waals surface area (Å²) in [5.74, 6) is -1.00. The molecule has 0 spiro atoms. The van der Waals surface area contributed by atoms with Gasteiger partial charge in [-0.1, -0.05) is 29.8 Å². The van der Waals surface area contributed by atoms with Crippen LogP contribution in [0.3, 0.4) is 0 Å². The normalized spacial score (nSPS) is 10.2. The average Bonchev–Trinajstić information content (AvgIpc) is 2.49. The third-order valence-electron chi connectivity index (χ3n) is 3.46. The van der Waals surface area contributed by atoms with Crippen molar-refractivity contribution in [1.82, 2.24) is 0 Å². The van der Waals surface area contributed by atoms with Crippen molar-refractivity contribution < 1.29 is 14.3 Å². The fraction of sp³-hybridized carbons (Fsp3) is 0.222. The van der Waals surface area contributed by atoms with Crippen LogP contribution in [-0.4, -0.2) is 18.5 Å². The third-order valence-corrected chi connectivity index (χ3v) is 3.46. The number of nitrogens with one attached hydrogen (secondary N) is 1. The van der Waals surface area contributed by atoms with Gasteiger partial charge in [-0.3, -0.25) is 4.79 Å². The topological polar surface area (TPSA) is 81.4 Å². The summed E-state index contributed by atoms with van der Waals surface area (Å²) in [5.41, 5.74) is 10.1. The minimum Gasteiger partial charge on any atom is -0.452 e. The van der Waals surface area contributed by atoms with E-state index in [2.05, 4.69) is 5.32 Å². The number of rotatable bonds is 4. The van der Waals surface area contributed by atoms with Crippen LogP contribution in [0, 0.1) is 20.8 Å². The van der Waals surface area contributed by atoms with E-state index in [4.69, 9.17) is 10.5 Å². The molecule has 0 aliphatic heterocycles. The SMILES string of the molecule is Cc1cc(C)c(NC(=O)COC(=O)c2ccccc2N)c(C)c1. The average molecular weight is 312 g/mol. The Kier molecular flexibility index (Phi) is 5.01. The summed E-state index contributed by atoms with van der Waals surface area (Å²) < 4.78 is 5.02. The molecule has 0 bridgehead atoms. The molecule has 1 amide bonds. The first-order valence-electron chi connectivity index (χ1n) is 7.28. The molecule has 5 nitrogen and oxygen atoms in total. The molecule has 0 aliphatic rings. The van der Waals surface area contributed by atoms with E-state index in [1.807, 2.05) is 32.9 Å². The van der Waals surface area contributed by atoms with Gasteiger partial charge in [-0.05, 0) is 44.0 Å². The summed E-state index contributed by atoms with van der Waals surface area (Å²) in [7, 11) is 0. The van der Waals surface area contributed by atoms with Gasteiger partial charge in [-0.15, -0.1) is 0 Å². The molecule has 2 aromatic rings. The molecule has 120 valence electrons. The first-order valence-corrected chi connectivity index (χ1v) is 7.28. The van der Waals surface area contributed by atoms with Crippen LogP contribution < -0.4 is 11.1 Å². The summed E-state index contributed by atoms with van der Waals surface area (Å²) >= 11 is 0. The second-order valence-corrected chi connectivity index (χ2v) is 5.49. The molecule has 3 N–H and O–H groups in total. The van der Waals surface area contributed by atoms with Gasteiger partial charge in [0.25, 0.3) is 5.91 Å². The van der Waals surface area contributed by atoms with Crippen molar-refractivity contribution in [3.05, 3.63) is 58.7 Å². The van der Waals surface area contributed by atoms with Crippen molar-refractivity contribution in [2.24, 2.45) is 0 Å². The minimum atomic E-state index is -0.615. The molecule has 0 unspecified atom stereocenters. The quantitative estimate of drug-likeness (QED) is 0.671. The lowest BCUT2D eigenvalue weighted by Crippen LogP contribution is -2.22. The van der Waals surface area contributed by atoms with E-state index >= 15 is 0 Å². The summed E-state index contributed by atoms with van der Waals surface area (Å²) in [6, 6.07) is 10.5. The lowest BCUT2D eigenvalue weighted by atomic mass is 10.1. The van der Waals surface area contributed by atoms with Gasteiger partial charge in [0.05, 0.1) is 5.56 Å². The smallest absolute Gasteiger partial charge is 0.340 e. The molecular weight excluding hydrogens is 292 g/mol. The zero-order chi connectivity index (χ0) is 17.0. The summed E-state index contributed by atoms with van der Waals surface area (Å²) in [5, 5.41) is 2.78. The predicted octanol–water partition coefficient (Wildman–Crippen LogP) is 2.99. The summed E-state index contributed by atoms with van der Waals surface area (Å²) in [4.78, 5) is 23.9. The number of ether oxygens (including phenoxy) is 1. The highest BCUT2D eigenvalue weighted by Gasteiger charge is 2.14. The number of nitrogens with two attached hydrogens (primary N) is 1. The zero-order valence-corrected chi connectivity index (χ0v) is 13.5. The fourth-order valence-corrected chi connectivity index (χ4v) is 2.44. The standard InChI is InChI=1S/C18H20N2O3/c1-11-8-12(2)17(13(3)9-11)20-16(21)10-23-18(22)14-6-4-5-7-15(14)19/h4-9H,10,19H2,1-3H3,(H,20,21). The Morgan fingerprint density at radius 1 is 1.09 bits per heavy atom. The van der Waals surface area contributed by atoms with Crippen LogP contribution in [0.2, 0.25) is 0 Å². The molecule has 0 atom stereocenters. The van der Waals surface area contributed by atoms with E-state index in [1.165, 1.54) is 0 Å². The summed E-state index contributed by atoms with van der Waals surface area (Å²) in [6.07, 6.45) is 0. The number of hydrogen-bond acceptors (Lipinski definition) is 4. The number of carbonyl (C=O) groups is 2. The number of nitrogen functional groups attached to an aromatic ring is 1. The monoisotopic (exact) mass is 312 g/mol. The van der Waals surface area contributed by atoms with Gasteiger partial charge in [0.15, 0.2) is 6.61 Å². The van der Waals surface area contributed by atoms with Crippen LogP contribution in [0.25, 0.3) is 0 Å². The Hall–Kier alpha value is -2.82. The van der Waals surface area contributed by atoms with Crippen LogP contribution in [0.15, 0.2) is 36.4 Å². The molecular formula is C18H20N2O3. The van der Waals surface area contributed by atoms with Gasteiger partial charge in [0.2, 0.25) is 0 Å². The molecule has 0 radical (unpaired) electrons. The van der Waals surface area contributed by atoms with Crippen molar-refractivity contribution >= 4 is 23.3 Å². The van der Waals surface area contributed by atoms with Gasteiger partial charge in [-0.25, -0.2) is 4.79 Å². The molecule has 2 rings (SSSR count). The van der Waals surface area contributed by atoms with Gasteiger partial charge < -0.3 is 15.8 Å². The lowest BCUT2D eigenvalue weighted by molar-refractivity contribution is -0.119. The summed E-state index contributed by atoms with van der Waals surface area (Å²) in [6.45, 7) is 5.48. The number of aryl methyl sites for hydroxylation is 3. The molecule has 0 aromatic heterocycles. The number of para-hydroxylation sites is 1. The van der Waals surface area contributed by atoms with E-state index in [0.717, 1.165) is 22.4 Å². The molecule has 0 heterocycles. The van der Waals surface area contributed by atoms with Crippen LogP contribution in [0.5, 0.6) is 0 Å². The van der Waals surface area contributed by atoms with Crippen molar-refractivity contribution in [2.45, 2.75) is 20.8 Å². The number of esters is 1. The molecule has 5 heteroatoms. The van der Waals surface area contributed by atoms with E-state index < -0.39 is 5.97 Å². The van der Waals surface area contributed by atoms with Crippen LogP contribution in [0.4, 0.5) is 11.4 Å². The Morgan fingerprint density at radius 2 is 1.70 bits per heavy atom. The van der Waals surface area contributed by atoms with Gasteiger partial charge in [0, 0.05) is 11.4 Å². The molecule has 2 aromatic carbocycles. The highest BCUT2D eigenvalue weighted by Crippen LogP contribution is 2.21.